The maximum atomic E-state index is 13.1. The van der Waals surface area contributed by atoms with Gasteiger partial charge in [0.1, 0.15) is 19.3 Å². The van der Waals surface area contributed by atoms with Crippen molar-refractivity contribution in [2.45, 2.75) is 420 Å². The highest BCUT2D eigenvalue weighted by Crippen LogP contribution is 2.45. The second kappa shape index (κ2) is 68.2. The molecule has 0 amide bonds. The van der Waals surface area contributed by atoms with Crippen LogP contribution >= 0.6 is 15.6 Å². The molecule has 0 saturated carbocycles. The SMILES string of the molecule is CCC(C)CCCCCCCCCCC(=O)O[C@H](COC(=O)CCCCCCCCCCC(C)C)COP(=O)(O)OCC(O)COP(=O)(O)OC[C@@H](COC(=O)CCCCCCCCCCCCCCCCCCC(C)C)OC(=O)CCCCCCCCCCCCCCCC(C)C. The molecule has 0 aromatic heterocycles. The number of rotatable bonds is 76. The molecule has 3 N–H and O–H groups in total. The summed E-state index contributed by atoms with van der Waals surface area (Å²) in [5, 5.41) is 10.6. The molecule has 0 radical (unpaired) electrons. The Morgan fingerprint density at radius 3 is 0.724 bits per heavy atom. The van der Waals surface area contributed by atoms with Crippen LogP contribution in [0, 0.1) is 23.7 Å². The third kappa shape index (κ3) is 71.1. The van der Waals surface area contributed by atoms with Crippen LogP contribution in [-0.4, -0.2) is 96.7 Å². The number of carbonyl (C=O) groups is 4. The smallest absolute Gasteiger partial charge is 0.462 e. The van der Waals surface area contributed by atoms with Crippen molar-refractivity contribution in [2.24, 2.45) is 23.7 Å². The van der Waals surface area contributed by atoms with Gasteiger partial charge in [-0.2, -0.15) is 0 Å². The molecule has 0 rings (SSSR count). The predicted octanol–water partition coefficient (Wildman–Crippen LogP) is 23.2. The Bertz CT molecular complexity index is 1920. The van der Waals surface area contributed by atoms with Gasteiger partial charge in [0, 0.05) is 25.7 Å². The van der Waals surface area contributed by atoms with Crippen molar-refractivity contribution < 1.29 is 80.2 Å². The summed E-state index contributed by atoms with van der Waals surface area (Å²) in [6.07, 6.45) is 54.1. The molecule has 17 nitrogen and oxygen atoms in total. The lowest BCUT2D eigenvalue weighted by atomic mass is 9.99. The average molecular weight is 1440 g/mol. The third-order valence-corrected chi connectivity index (χ3v) is 20.6. The summed E-state index contributed by atoms with van der Waals surface area (Å²) in [6, 6.07) is 0. The lowest BCUT2D eigenvalue weighted by Gasteiger charge is -2.21. The number of unbranched alkanes of at least 4 members (excludes halogenated alkanes) is 41. The van der Waals surface area contributed by atoms with E-state index in [0.29, 0.717) is 25.7 Å². The van der Waals surface area contributed by atoms with Gasteiger partial charge in [0.2, 0.25) is 0 Å². The maximum absolute atomic E-state index is 13.1. The normalized spacial score (nSPS) is 14.3. The Labute approximate surface area is 600 Å². The lowest BCUT2D eigenvalue weighted by molar-refractivity contribution is -0.161. The van der Waals surface area contributed by atoms with Crippen molar-refractivity contribution in [3.8, 4) is 0 Å². The molecule has 0 fully saturated rings. The Morgan fingerprint density at radius 1 is 0.286 bits per heavy atom. The minimum atomic E-state index is -4.96. The zero-order valence-electron chi connectivity index (χ0n) is 64.4. The van der Waals surface area contributed by atoms with Gasteiger partial charge in [-0.05, 0) is 49.4 Å². The fraction of sp³-hybridized carbons (Fsp3) is 0.949. The Kier molecular flexibility index (Phi) is 66.8. The summed E-state index contributed by atoms with van der Waals surface area (Å²) in [5.41, 5.74) is 0. The highest BCUT2D eigenvalue weighted by molar-refractivity contribution is 7.47. The zero-order chi connectivity index (χ0) is 72.4. The van der Waals surface area contributed by atoms with Gasteiger partial charge in [-0.1, -0.05) is 351 Å². The molecule has 582 valence electrons. The molecular formula is C79H154O17P2. The summed E-state index contributed by atoms with van der Waals surface area (Å²) in [4.78, 5) is 72.9. The molecule has 98 heavy (non-hydrogen) atoms. The first-order chi connectivity index (χ1) is 47.1. The number of aliphatic hydroxyl groups excluding tert-OH is 1. The second-order valence-electron chi connectivity index (χ2n) is 30.1. The highest BCUT2D eigenvalue weighted by Gasteiger charge is 2.30. The first kappa shape index (κ1) is 96.1. The van der Waals surface area contributed by atoms with E-state index in [-0.39, 0.29) is 25.7 Å². The number of hydrogen-bond donors (Lipinski definition) is 3. The molecule has 0 spiro atoms. The van der Waals surface area contributed by atoms with E-state index in [9.17, 15) is 43.2 Å². The number of phosphoric acid groups is 2. The van der Waals surface area contributed by atoms with Crippen LogP contribution in [0.2, 0.25) is 0 Å². The van der Waals surface area contributed by atoms with Gasteiger partial charge in [-0.3, -0.25) is 37.3 Å². The first-order valence-electron chi connectivity index (χ1n) is 40.7. The van der Waals surface area contributed by atoms with Gasteiger partial charge < -0.3 is 33.8 Å². The van der Waals surface area contributed by atoms with E-state index in [2.05, 4.69) is 55.4 Å². The molecule has 0 aromatic carbocycles. The number of aliphatic hydroxyl groups is 1. The molecule has 0 aliphatic carbocycles. The molecule has 0 bridgehead atoms. The lowest BCUT2D eigenvalue weighted by Crippen LogP contribution is -2.30. The molecule has 0 aromatic rings. The summed E-state index contributed by atoms with van der Waals surface area (Å²) in [7, 11) is -9.92. The standard InChI is InChI=1S/C79H154O17P2/c1-9-72(8)58-50-42-34-28-30-38-46-54-62-79(84)96-75(66-90-77(82)60-52-44-36-29-27-33-41-49-57-71(6)7)68-94-98(87,88)92-64-73(80)63-91-97(85,86)93-67-74(95-78(83)61-53-45-37-26-22-18-14-16-20-24-32-40-48-56-70(4)5)65-89-76(81)59-51-43-35-25-21-17-13-11-10-12-15-19-23-31-39-47-55-69(2)3/h69-75,80H,9-68H2,1-8H3,(H,85,86)(H,87,88)/t72?,73?,74-,75-/m1/s1. The van der Waals surface area contributed by atoms with Crippen LogP contribution in [0.1, 0.15) is 402 Å². The monoisotopic (exact) mass is 1440 g/mol. The number of hydrogen-bond acceptors (Lipinski definition) is 15. The predicted molar refractivity (Wildman–Crippen MR) is 400 cm³/mol. The summed E-state index contributed by atoms with van der Waals surface area (Å²) >= 11 is 0. The highest BCUT2D eigenvalue weighted by atomic mass is 31.2. The minimum Gasteiger partial charge on any atom is -0.462 e. The Morgan fingerprint density at radius 2 is 0.490 bits per heavy atom. The van der Waals surface area contributed by atoms with E-state index >= 15 is 0 Å². The van der Waals surface area contributed by atoms with E-state index < -0.39 is 97.5 Å². The zero-order valence-corrected chi connectivity index (χ0v) is 66.2. The molecule has 19 heteroatoms. The van der Waals surface area contributed by atoms with Crippen molar-refractivity contribution in [3.05, 3.63) is 0 Å². The van der Waals surface area contributed by atoms with Crippen LogP contribution in [0.5, 0.6) is 0 Å². The average Bonchev–Trinajstić information content (AvgIpc) is 1.09. The van der Waals surface area contributed by atoms with E-state index in [0.717, 1.165) is 114 Å². The van der Waals surface area contributed by atoms with E-state index in [1.54, 1.807) is 0 Å². The van der Waals surface area contributed by atoms with Gasteiger partial charge >= 0.3 is 39.5 Å². The summed E-state index contributed by atoms with van der Waals surface area (Å²) in [6.45, 7) is 14.2. The molecular weight excluding hydrogens is 1280 g/mol. The van der Waals surface area contributed by atoms with E-state index in [4.69, 9.17) is 37.0 Å². The quantitative estimate of drug-likeness (QED) is 0.0222. The van der Waals surface area contributed by atoms with Crippen molar-refractivity contribution in [3.63, 3.8) is 0 Å². The maximum Gasteiger partial charge on any atom is 0.472 e. The van der Waals surface area contributed by atoms with Crippen LogP contribution in [0.25, 0.3) is 0 Å². The van der Waals surface area contributed by atoms with Crippen LogP contribution in [0.3, 0.4) is 0 Å². The fourth-order valence-electron chi connectivity index (χ4n) is 12.0. The third-order valence-electron chi connectivity index (χ3n) is 18.7. The Balaban J connectivity index is 5.24. The van der Waals surface area contributed by atoms with Gasteiger partial charge in [-0.15, -0.1) is 0 Å². The van der Waals surface area contributed by atoms with Crippen LogP contribution < -0.4 is 0 Å². The van der Waals surface area contributed by atoms with Gasteiger partial charge in [-0.25, -0.2) is 9.13 Å². The van der Waals surface area contributed by atoms with Gasteiger partial charge in [0.05, 0.1) is 26.4 Å². The second-order valence-corrected chi connectivity index (χ2v) is 33.0. The van der Waals surface area contributed by atoms with Crippen molar-refractivity contribution >= 4 is 39.5 Å². The first-order valence-corrected chi connectivity index (χ1v) is 43.7. The van der Waals surface area contributed by atoms with Gasteiger partial charge in [0.25, 0.3) is 0 Å². The van der Waals surface area contributed by atoms with Crippen molar-refractivity contribution in [1.82, 2.24) is 0 Å². The van der Waals surface area contributed by atoms with E-state index in [1.165, 1.54) is 205 Å². The van der Waals surface area contributed by atoms with Crippen LogP contribution in [0.15, 0.2) is 0 Å². The fourth-order valence-corrected chi connectivity index (χ4v) is 13.6. The molecule has 0 saturated heterocycles. The topological polar surface area (TPSA) is 237 Å². The molecule has 6 atom stereocenters. The number of carbonyl (C=O) groups excluding carboxylic acids is 4. The molecule has 0 heterocycles. The molecule has 0 aliphatic heterocycles. The Hall–Kier alpha value is -1.94. The van der Waals surface area contributed by atoms with Crippen molar-refractivity contribution in [2.75, 3.05) is 39.6 Å². The molecule has 4 unspecified atom stereocenters. The van der Waals surface area contributed by atoms with E-state index in [1.807, 2.05) is 0 Å². The van der Waals surface area contributed by atoms with Crippen LogP contribution in [-0.2, 0) is 65.4 Å². The van der Waals surface area contributed by atoms with Crippen LogP contribution in [0.4, 0.5) is 0 Å². The minimum absolute atomic E-state index is 0.104. The van der Waals surface area contributed by atoms with Crippen molar-refractivity contribution in [1.29, 1.82) is 0 Å². The summed E-state index contributed by atoms with van der Waals surface area (Å²) < 4.78 is 68.6. The number of esters is 4. The number of phosphoric ester groups is 2. The molecule has 0 aliphatic rings. The number of ether oxygens (including phenoxy) is 4. The summed E-state index contributed by atoms with van der Waals surface area (Å²) in [5.74, 6) is 0.977. The van der Waals surface area contributed by atoms with Gasteiger partial charge in [0.15, 0.2) is 12.2 Å². The largest absolute Gasteiger partial charge is 0.472 e.